The van der Waals surface area contributed by atoms with E-state index in [1.54, 1.807) is 0 Å². The molecule has 2 rings (SSSR count). The second kappa shape index (κ2) is 7.40. The van der Waals surface area contributed by atoms with E-state index < -0.39 is 6.10 Å². The van der Waals surface area contributed by atoms with Crippen LogP contribution in [0.3, 0.4) is 0 Å². The van der Waals surface area contributed by atoms with Gasteiger partial charge in [0.2, 0.25) is 0 Å². The van der Waals surface area contributed by atoms with Gasteiger partial charge in [0.05, 0.1) is 5.69 Å². The van der Waals surface area contributed by atoms with Crippen molar-refractivity contribution in [2.45, 2.75) is 13.0 Å². The Morgan fingerprint density at radius 3 is 2.19 bits per heavy atom. The third-order valence-corrected chi connectivity index (χ3v) is 2.98. The van der Waals surface area contributed by atoms with E-state index in [1.807, 2.05) is 60.7 Å². The topological polar surface area (TPSA) is 50.4 Å². The fraction of sp³-hybridized carbons (Fsp3) is 0.125. The quantitative estimate of drug-likeness (QED) is 0.656. The standard InChI is InChI=1S/C16H16N2O2S/c1-12(19)15(13-8-4-2-5-9-13)20-16(21)18-17-14-10-6-3-7-11-14/h2-11,15,17H,1H3,(H,18,21). The molecule has 0 radical (unpaired) electrons. The smallest absolute Gasteiger partial charge is 0.276 e. The molecular weight excluding hydrogens is 284 g/mol. The number of nitrogens with one attached hydrogen (secondary N) is 2. The molecule has 0 heterocycles. The lowest BCUT2D eigenvalue weighted by molar-refractivity contribution is -0.124. The van der Waals surface area contributed by atoms with E-state index in [9.17, 15) is 4.79 Å². The Morgan fingerprint density at radius 2 is 1.62 bits per heavy atom. The summed E-state index contributed by atoms with van der Waals surface area (Å²) in [6, 6.07) is 18.7. The highest BCUT2D eigenvalue weighted by molar-refractivity contribution is 7.80. The zero-order chi connectivity index (χ0) is 15.1. The van der Waals surface area contributed by atoms with Gasteiger partial charge in [-0.2, -0.15) is 0 Å². The maximum atomic E-state index is 11.7. The van der Waals surface area contributed by atoms with Crippen LogP contribution in [0.5, 0.6) is 0 Å². The van der Waals surface area contributed by atoms with E-state index in [-0.39, 0.29) is 11.0 Å². The summed E-state index contributed by atoms with van der Waals surface area (Å²) in [6.07, 6.45) is -0.705. The number of thiocarbonyl (C=S) groups is 1. The summed E-state index contributed by atoms with van der Waals surface area (Å²) < 4.78 is 5.53. The number of hydrogen-bond acceptors (Lipinski definition) is 4. The highest BCUT2D eigenvalue weighted by Gasteiger charge is 2.19. The monoisotopic (exact) mass is 300 g/mol. The van der Waals surface area contributed by atoms with Gasteiger partial charge in [0.25, 0.3) is 5.17 Å². The van der Waals surface area contributed by atoms with Crippen molar-refractivity contribution in [3.8, 4) is 0 Å². The van der Waals surface area contributed by atoms with Crippen LogP contribution in [0.25, 0.3) is 0 Å². The largest absolute Gasteiger partial charge is 0.454 e. The number of carbonyl (C=O) groups is 1. The van der Waals surface area contributed by atoms with Crippen LogP contribution in [0.2, 0.25) is 0 Å². The van der Waals surface area contributed by atoms with Gasteiger partial charge in [0, 0.05) is 0 Å². The molecule has 2 N–H and O–H groups in total. The SMILES string of the molecule is CC(=O)C(OC(=S)NNc1ccccc1)c1ccccc1. The fourth-order valence-corrected chi connectivity index (χ4v) is 1.94. The van der Waals surface area contributed by atoms with Crippen LogP contribution in [0, 0.1) is 0 Å². The van der Waals surface area contributed by atoms with E-state index in [2.05, 4.69) is 10.9 Å². The van der Waals surface area contributed by atoms with Crippen LogP contribution in [-0.4, -0.2) is 11.0 Å². The lowest BCUT2D eigenvalue weighted by Crippen LogP contribution is -2.32. The van der Waals surface area contributed by atoms with E-state index in [0.29, 0.717) is 0 Å². The highest BCUT2D eigenvalue weighted by atomic mass is 32.1. The van der Waals surface area contributed by atoms with Gasteiger partial charge in [0.15, 0.2) is 11.9 Å². The molecule has 5 heteroatoms. The summed E-state index contributed by atoms with van der Waals surface area (Å²) in [7, 11) is 0. The van der Waals surface area contributed by atoms with Gasteiger partial charge in [-0.25, -0.2) is 0 Å². The van der Waals surface area contributed by atoms with Crippen molar-refractivity contribution in [3.05, 3.63) is 66.2 Å². The molecule has 2 aromatic rings. The number of anilines is 1. The summed E-state index contributed by atoms with van der Waals surface area (Å²) in [4.78, 5) is 11.7. The Kier molecular flexibility index (Phi) is 5.29. The number of carbonyl (C=O) groups excluding carboxylic acids is 1. The van der Waals surface area contributed by atoms with Crippen LogP contribution in [-0.2, 0) is 9.53 Å². The van der Waals surface area contributed by atoms with Crippen molar-refractivity contribution >= 4 is 28.9 Å². The number of hydrogen-bond donors (Lipinski definition) is 2. The number of Topliss-reactive ketones (excluding diaryl/α,β-unsaturated/α-hetero) is 1. The predicted molar refractivity (Wildman–Crippen MR) is 86.7 cm³/mol. The molecule has 0 spiro atoms. The lowest BCUT2D eigenvalue weighted by atomic mass is 10.1. The minimum absolute atomic E-state index is 0.106. The maximum absolute atomic E-state index is 11.7. The first kappa shape index (κ1) is 15.0. The van der Waals surface area contributed by atoms with E-state index in [0.717, 1.165) is 11.3 Å². The summed E-state index contributed by atoms with van der Waals surface area (Å²) in [5, 5.41) is 0.114. The van der Waals surface area contributed by atoms with Gasteiger partial charge in [-0.05, 0) is 36.8 Å². The van der Waals surface area contributed by atoms with Crippen molar-refractivity contribution < 1.29 is 9.53 Å². The molecule has 0 aliphatic heterocycles. The normalized spacial score (nSPS) is 11.3. The van der Waals surface area contributed by atoms with Crippen LogP contribution < -0.4 is 10.9 Å². The molecule has 21 heavy (non-hydrogen) atoms. The van der Waals surface area contributed by atoms with E-state index in [1.165, 1.54) is 6.92 Å². The molecule has 0 aliphatic rings. The number of para-hydroxylation sites is 1. The molecule has 1 atom stereocenters. The van der Waals surface area contributed by atoms with Crippen molar-refractivity contribution in [1.82, 2.24) is 5.43 Å². The number of benzene rings is 2. The van der Waals surface area contributed by atoms with Crippen molar-refractivity contribution in [1.29, 1.82) is 0 Å². The average molecular weight is 300 g/mol. The Balaban J connectivity index is 1.95. The van der Waals surface area contributed by atoms with Gasteiger partial charge in [0.1, 0.15) is 0 Å². The molecule has 2 aromatic carbocycles. The van der Waals surface area contributed by atoms with E-state index >= 15 is 0 Å². The van der Waals surface area contributed by atoms with E-state index in [4.69, 9.17) is 17.0 Å². The zero-order valence-corrected chi connectivity index (χ0v) is 12.4. The Morgan fingerprint density at radius 1 is 1.05 bits per heavy atom. The first-order chi connectivity index (χ1) is 10.2. The molecule has 108 valence electrons. The lowest BCUT2D eigenvalue weighted by Gasteiger charge is -2.18. The Hall–Kier alpha value is -2.40. The first-order valence-electron chi connectivity index (χ1n) is 6.50. The summed E-state index contributed by atoms with van der Waals surface area (Å²) >= 11 is 5.10. The molecule has 0 bridgehead atoms. The predicted octanol–water partition coefficient (Wildman–Crippen LogP) is 3.23. The van der Waals surface area contributed by atoms with Gasteiger partial charge in [-0.1, -0.05) is 48.5 Å². The zero-order valence-electron chi connectivity index (χ0n) is 11.6. The van der Waals surface area contributed by atoms with Crippen LogP contribution >= 0.6 is 12.2 Å². The van der Waals surface area contributed by atoms with Crippen LogP contribution in [0.4, 0.5) is 5.69 Å². The summed E-state index contributed by atoms with van der Waals surface area (Å²) in [5.41, 5.74) is 7.30. The molecule has 0 saturated carbocycles. The average Bonchev–Trinajstić information content (AvgIpc) is 2.52. The summed E-state index contributed by atoms with van der Waals surface area (Å²) in [5.74, 6) is -0.106. The molecule has 4 nitrogen and oxygen atoms in total. The fourth-order valence-electron chi connectivity index (χ4n) is 1.79. The molecule has 0 saturated heterocycles. The molecule has 0 fully saturated rings. The van der Waals surface area contributed by atoms with Gasteiger partial charge < -0.3 is 4.74 Å². The van der Waals surface area contributed by atoms with Gasteiger partial charge in [-0.15, -0.1) is 0 Å². The third-order valence-electron chi connectivity index (χ3n) is 2.78. The number of rotatable bonds is 5. The maximum Gasteiger partial charge on any atom is 0.276 e. The van der Waals surface area contributed by atoms with Crippen LogP contribution in [0.15, 0.2) is 60.7 Å². The molecule has 0 amide bonds. The second-order valence-corrected chi connectivity index (χ2v) is 4.79. The molecule has 0 aromatic heterocycles. The van der Waals surface area contributed by atoms with Crippen molar-refractivity contribution in [2.24, 2.45) is 0 Å². The number of ketones is 1. The van der Waals surface area contributed by atoms with Gasteiger partial charge in [-0.3, -0.25) is 15.6 Å². The molecule has 0 aliphatic carbocycles. The summed E-state index contributed by atoms with van der Waals surface area (Å²) in [6.45, 7) is 1.48. The third kappa shape index (κ3) is 4.57. The van der Waals surface area contributed by atoms with Crippen molar-refractivity contribution in [2.75, 3.05) is 5.43 Å². The second-order valence-electron chi connectivity index (χ2n) is 4.42. The van der Waals surface area contributed by atoms with Gasteiger partial charge >= 0.3 is 0 Å². The minimum Gasteiger partial charge on any atom is -0.454 e. The Labute approximate surface area is 129 Å². The Bertz CT molecular complexity index is 602. The highest BCUT2D eigenvalue weighted by Crippen LogP contribution is 2.18. The minimum atomic E-state index is -0.705. The first-order valence-corrected chi connectivity index (χ1v) is 6.91. The molecule has 1 unspecified atom stereocenters. The number of ether oxygens (including phenoxy) is 1. The number of hydrazine groups is 1. The van der Waals surface area contributed by atoms with Crippen molar-refractivity contribution in [3.63, 3.8) is 0 Å². The van der Waals surface area contributed by atoms with Crippen LogP contribution in [0.1, 0.15) is 18.6 Å². The molecular formula is C16H16N2O2S.